The van der Waals surface area contributed by atoms with E-state index in [2.05, 4.69) is 22.8 Å². The Balaban J connectivity index is 1.46. The van der Waals surface area contributed by atoms with E-state index < -0.39 is 0 Å². The Morgan fingerprint density at radius 1 is 1.13 bits per heavy atom. The normalized spacial score (nSPS) is 29.4. The van der Waals surface area contributed by atoms with Gasteiger partial charge in [-0.3, -0.25) is 9.69 Å². The van der Waals surface area contributed by atoms with Gasteiger partial charge in [-0.15, -0.1) is 0 Å². The van der Waals surface area contributed by atoms with Crippen molar-refractivity contribution in [1.29, 1.82) is 0 Å². The van der Waals surface area contributed by atoms with Crippen molar-refractivity contribution in [2.75, 3.05) is 32.7 Å². The van der Waals surface area contributed by atoms with E-state index in [-0.39, 0.29) is 5.56 Å². The predicted octanol–water partition coefficient (Wildman–Crippen LogP) is 2.14. The van der Waals surface area contributed by atoms with Gasteiger partial charge in [-0.2, -0.15) is 0 Å². The summed E-state index contributed by atoms with van der Waals surface area (Å²) in [6.45, 7) is 9.33. The van der Waals surface area contributed by atoms with Gasteiger partial charge in [0.2, 0.25) is 0 Å². The van der Waals surface area contributed by atoms with Gasteiger partial charge in [-0.1, -0.05) is 13.0 Å². The maximum Gasteiger partial charge on any atom is 0.250 e. The molecule has 0 saturated carbocycles. The molecule has 4 heterocycles. The van der Waals surface area contributed by atoms with Gasteiger partial charge in [0, 0.05) is 43.4 Å². The number of rotatable bonds is 3. The number of likely N-dealkylation sites (tertiary alicyclic amines) is 2. The van der Waals surface area contributed by atoms with Crippen LogP contribution in [0.25, 0.3) is 0 Å². The largest absolute Gasteiger partial charge is 0.312 e. The number of hydrogen-bond donors (Lipinski definition) is 0. The van der Waals surface area contributed by atoms with Crippen molar-refractivity contribution in [3.05, 3.63) is 34.2 Å². The lowest BCUT2D eigenvalue weighted by molar-refractivity contribution is 0.0469. The second-order valence-electron chi connectivity index (χ2n) is 7.72. The van der Waals surface area contributed by atoms with E-state index in [9.17, 15) is 4.79 Å². The molecule has 126 valence electrons. The molecule has 23 heavy (non-hydrogen) atoms. The standard InChI is InChI=1S/C19H29N3O/c1-2-8-20-9-6-17(7-10-20)21-12-15-11-16(14-21)18-4-3-5-19(23)22(18)13-15/h3-5,15-17H,2,6-14H2,1H3. The molecule has 2 atom stereocenters. The van der Waals surface area contributed by atoms with Gasteiger partial charge in [0.15, 0.2) is 0 Å². The summed E-state index contributed by atoms with van der Waals surface area (Å²) < 4.78 is 2.04. The third-order valence-electron chi connectivity index (χ3n) is 6.12. The van der Waals surface area contributed by atoms with Crippen molar-refractivity contribution >= 4 is 0 Å². The van der Waals surface area contributed by atoms with Crippen molar-refractivity contribution in [3.63, 3.8) is 0 Å². The Kier molecular flexibility index (Phi) is 4.29. The van der Waals surface area contributed by atoms with E-state index in [4.69, 9.17) is 0 Å². The van der Waals surface area contributed by atoms with E-state index in [1.165, 1.54) is 57.6 Å². The van der Waals surface area contributed by atoms with Gasteiger partial charge >= 0.3 is 0 Å². The van der Waals surface area contributed by atoms with Gasteiger partial charge < -0.3 is 9.47 Å². The molecule has 0 aliphatic carbocycles. The van der Waals surface area contributed by atoms with Crippen LogP contribution in [0.3, 0.4) is 0 Å². The minimum atomic E-state index is 0.193. The van der Waals surface area contributed by atoms with Crippen LogP contribution in [0.4, 0.5) is 0 Å². The summed E-state index contributed by atoms with van der Waals surface area (Å²) in [6.07, 6.45) is 5.18. The van der Waals surface area contributed by atoms with Crippen LogP contribution in [-0.4, -0.2) is 53.1 Å². The first-order chi connectivity index (χ1) is 11.2. The molecule has 4 nitrogen and oxygen atoms in total. The van der Waals surface area contributed by atoms with Gasteiger partial charge in [0.25, 0.3) is 5.56 Å². The lowest BCUT2D eigenvalue weighted by Gasteiger charge is -2.47. The summed E-state index contributed by atoms with van der Waals surface area (Å²) in [5, 5.41) is 0. The summed E-state index contributed by atoms with van der Waals surface area (Å²) in [6, 6.07) is 6.59. The summed E-state index contributed by atoms with van der Waals surface area (Å²) in [4.78, 5) is 17.5. The van der Waals surface area contributed by atoms with Gasteiger partial charge in [0.1, 0.15) is 0 Å². The first-order valence-electron chi connectivity index (χ1n) is 9.40. The lowest BCUT2D eigenvalue weighted by atomic mass is 9.82. The Hall–Kier alpha value is -1.13. The monoisotopic (exact) mass is 315 g/mol. The summed E-state index contributed by atoms with van der Waals surface area (Å²) in [7, 11) is 0. The van der Waals surface area contributed by atoms with Crippen LogP contribution in [0.1, 0.15) is 44.2 Å². The molecule has 4 heteroatoms. The van der Waals surface area contributed by atoms with E-state index in [0.29, 0.717) is 11.8 Å². The maximum atomic E-state index is 12.1. The zero-order valence-corrected chi connectivity index (χ0v) is 14.3. The number of fused-ring (bicyclic) bond motifs is 4. The van der Waals surface area contributed by atoms with Crippen LogP contribution in [-0.2, 0) is 6.54 Å². The van der Waals surface area contributed by atoms with Crippen molar-refractivity contribution < 1.29 is 0 Å². The Bertz CT molecular complexity index is 603. The van der Waals surface area contributed by atoms with Crippen LogP contribution >= 0.6 is 0 Å². The number of aromatic nitrogens is 1. The van der Waals surface area contributed by atoms with Gasteiger partial charge in [-0.05, 0) is 57.3 Å². The van der Waals surface area contributed by atoms with E-state index in [0.717, 1.165) is 19.1 Å². The highest BCUT2D eigenvalue weighted by atomic mass is 16.1. The predicted molar refractivity (Wildman–Crippen MR) is 92.9 cm³/mol. The second kappa shape index (κ2) is 6.40. The molecule has 0 amide bonds. The fourth-order valence-electron chi connectivity index (χ4n) is 5.06. The van der Waals surface area contributed by atoms with Crippen LogP contribution in [0.15, 0.2) is 23.0 Å². The second-order valence-corrected chi connectivity index (χ2v) is 7.72. The molecule has 4 rings (SSSR count). The zero-order valence-electron chi connectivity index (χ0n) is 14.3. The molecule has 2 saturated heterocycles. The molecule has 1 aromatic heterocycles. The highest BCUT2D eigenvalue weighted by Crippen LogP contribution is 2.36. The minimum Gasteiger partial charge on any atom is -0.312 e. The third-order valence-corrected chi connectivity index (χ3v) is 6.12. The molecular weight excluding hydrogens is 286 g/mol. The third kappa shape index (κ3) is 2.99. The Morgan fingerprint density at radius 2 is 1.96 bits per heavy atom. The van der Waals surface area contributed by atoms with Crippen LogP contribution in [0.2, 0.25) is 0 Å². The smallest absolute Gasteiger partial charge is 0.250 e. The molecule has 2 bridgehead atoms. The molecule has 3 aliphatic rings. The average Bonchev–Trinajstić information content (AvgIpc) is 2.57. The molecule has 2 unspecified atom stereocenters. The lowest BCUT2D eigenvalue weighted by Crippen LogP contribution is -2.53. The van der Waals surface area contributed by atoms with Crippen LogP contribution in [0.5, 0.6) is 0 Å². The first-order valence-corrected chi connectivity index (χ1v) is 9.40. The SMILES string of the molecule is CCCN1CCC(N2CC3CC(C2)c2cccc(=O)n2C3)CC1. The van der Waals surface area contributed by atoms with Crippen molar-refractivity contribution in [2.45, 2.75) is 51.1 Å². The Labute approximate surface area is 139 Å². The number of hydrogen-bond acceptors (Lipinski definition) is 3. The molecule has 1 aromatic rings. The highest BCUT2D eigenvalue weighted by molar-refractivity contribution is 5.17. The molecular formula is C19H29N3O. The first kappa shape index (κ1) is 15.4. The topological polar surface area (TPSA) is 28.5 Å². The fourth-order valence-corrected chi connectivity index (χ4v) is 5.06. The summed E-state index contributed by atoms with van der Waals surface area (Å²) in [5.74, 6) is 1.22. The van der Waals surface area contributed by atoms with Gasteiger partial charge in [0.05, 0.1) is 0 Å². The molecule has 3 aliphatic heterocycles. The van der Waals surface area contributed by atoms with Crippen molar-refractivity contribution in [2.24, 2.45) is 5.92 Å². The number of piperidine rings is 2. The Morgan fingerprint density at radius 3 is 2.74 bits per heavy atom. The molecule has 2 fully saturated rings. The summed E-state index contributed by atoms with van der Waals surface area (Å²) in [5.41, 5.74) is 1.47. The molecule has 0 N–H and O–H groups in total. The quantitative estimate of drug-likeness (QED) is 0.855. The minimum absolute atomic E-state index is 0.193. The summed E-state index contributed by atoms with van der Waals surface area (Å²) >= 11 is 0. The molecule has 0 aromatic carbocycles. The highest BCUT2D eigenvalue weighted by Gasteiger charge is 2.37. The van der Waals surface area contributed by atoms with Crippen molar-refractivity contribution in [3.8, 4) is 0 Å². The number of nitrogens with zero attached hydrogens (tertiary/aromatic N) is 3. The van der Waals surface area contributed by atoms with E-state index in [1.54, 1.807) is 6.07 Å². The van der Waals surface area contributed by atoms with Crippen LogP contribution in [0, 0.1) is 5.92 Å². The molecule has 0 spiro atoms. The van der Waals surface area contributed by atoms with Crippen molar-refractivity contribution in [1.82, 2.24) is 14.4 Å². The maximum absolute atomic E-state index is 12.1. The average molecular weight is 315 g/mol. The van der Waals surface area contributed by atoms with E-state index >= 15 is 0 Å². The van der Waals surface area contributed by atoms with Gasteiger partial charge in [-0.25, -0.2) is 0 Å². The zero-order chi connectivity index (χ0) is 15.8. The molecule has 0 radical (unpaired) electrons. The van der Waals surface area contributed by atoms with Crippen LogP contribution < -0.4 is 5.56 Å². The number of pyridine rings is 1. The van der Waals surface area contributed by atoms with E-state index in [1.807, 2.05) is 10.6 Å². The fraction of sp³-hybridized carbons (Fsp3) is 0.737.